The van der Waals surface area contributed by atoms with Crippen molar-refractivity contribution in [2.24, 2.45) is 0 Å². The van der Waals surface area contributed by atoms with Crippen molar-refractivity contribution in [3.05, 3.63) is 54.4 Å². The van der Waals surface area contributed by atoms with Gasteiger partial charge in [0.2, 0.25) is 0 Å². The summed E-state index contributed by atoms with van der Waals surface area (Å²) < 4.78 is 24.5. The van der Waals surface area contributed by atoms with Gasteiger partial charge in [0, 0.05) is 19.3 Å². The van der Waals surface area contributed by atoms with E-state index < -0.39 is 9.84 Å². The number of aromatic nitrogens is 3. The minimum absolute atomic E-state index is 0.224. The molecule has 0 saturated carbocycles. The Morgan fingerprint density at radius 2 is 1.74 bits per heavy atom. The summed E-state index contributed by atoms with van der Waals surface area (Å²) in [5, 5.41) is 0.488. The molecule has 1 amide bonds. The summed E-state index contributed by atoms with van der Waals surface area (Å²) >= 11 is 1.28. The number of anilines is 1. The Kier molecular flexibility index (Phi) is 5.69. The van der Waals surface area contributed by atoms with Crippen molar-refractivity contribution in [3.63, 3.8) is 0 Å². The minimum atomic E-state index is -3.33. The van der Waals surface area contributed by atoms with Gasteiger partial charge < -0.3 is 4.90 Å². The average Bonchev–Trinajstić information content (AvgIpc) is 3.15. The number of thiazole rings is 1. The van der Waals surface area contributed by atoms with Crippen LogP contribution in [-0.2, 0) is 9.84 Å². The summed E-state index contributed by atoms with van der Waals surface area (Å²) in [5.41, 5.74) is 2.23. The Hall–Kier alpha value is -2.95. The lowest BCUT2D eigenvalue weighted by Gasteiger charge is -2.21. The lowest BCUT2D eigenvalue weighted by Crippen LogP contribution is -2.37. The summed E-state index contributed by atoms with van der Waals surface area (Å²) in [7, 11) is 0.518. The second kappa shape index (κ2) is 8.29. The van der Waals surface area contributed by atoms with Gasteiger partial charge in [-0.05, 0) is 44.4 Å². The molecule has 0 unspecified atom stereocenters. The van der Waals surface area contributed by atoms with Crippen LogP contribution in [0.5, 0.6) is 0 Å². The van der Waals surface area contributed by atoms with Crippen molar-refractivity contribution in [1.82, 2.24) is 19.9 Å². The summed E-state index contributed by atoms with van der Waals surface area (Å²) in [5.74, 6) is -0.303. The molecule has 0 spiro atoms. The zero-order chi connectivity index (χ0) is 22.2. The number of hydrogen-bond acceptors (Lipinski definition) is 8. The second-order valence-electron chi connectivity index (χ2n) is 7.40. The number of nitrogens with zero attached hydrogens (tertiary/aromatic N) is 5. The molecule has 2 aromatic carbocycles. The van der Waals surface area contributed by atoms with Crippen LogP contribution in [0.4, 0.5) is 5.13 Å². The molecule has 0 bridgehead atoms. The van der Waals surface area contributed by atoms with Crippen LogP contribution in [0, 0.1) is 0 Å². The van der Waals surface area contributed by atoms with E-state index in [1.165, 1.54) is 29.9 Å². The Morgan fingerprint density at radius 1 is 1.00 bits per heavy atom. The molecule has 0 aliphatic heterocycles. The van der Waals surface area contributed by atoms with Gasteiger partial charge in [0.1, 0.15) is 5.69 Å². The predicted molar refractivity (Wildman–Crippen MR) is 122 cm³/mol. The van der Waals surface area contributed by atoms with Crippen LogP contribution in [0.15, 0.2) is 53.6 Å². The fourth-order valence-corrected chi connectivity index (χ4v) is 4.77. The van der Waals surface area contributed by atoms with E-state index >= 15 is 0 Å². The Labute approximate surface area is 184 Å². The van der Waals surface area contributed by atoms with E-state index in [9.17, 15) is 13.2 Å². The van der Waals surface area contributed by atoms with E-state index in [4.69, 9.17) is 0 Å². The molecule has 0 radical (unpaired) electrons. The molecule has 10 heteroatoms. The summed E-state index contributed by atoms with van der Waals surface area (Å²) in [6.07, 6.45) is 2.64. The smallest absolute Gasteiger partial charge is 0.280 e. The normalized spacial score (nSPS) is 12.0. The zero-order valence-corrected chi connectivity index (χ0v) is 18.9. The number of sulfone groups is 1. The molecule has 8 nitrogen and oxygen atoms in total. The van der Waals surface area contributed by atoms with Crippen LogP contribution in [0.2, 0.25) is 0 Å². The van der Waals surface area contributed by atoms with Gasteiger partial charge in [-0.15, -0.1) is 0 Å². The third kappa shape index (κ3) is 4.55. The fraction of sp³-hybridized carbons (Fsp3) is 0.238. The maximum atomic E-state index is 13.4. The Bertz CT molecular complexity index is 1380. The van der Waals surface area contributed by atoms with Gasteiger partial charge >= 0.3 is 0 Å². The van der Waals surface area contributed by atoms with Gasteiger partial charge in [0.25, 0.3) is 5.91 Å². The summed E-state index contributed by atoms with van der Waals surface area (Å²) in [6.45, 7) is 1.02. The standard InChI is InChI=1S/C21H21N5O3S2/c1-25(2)10-11-26(20(27)18-13-22-15-6-4-5-7-16(15)23-18)21-24-17-9-8-14(31(3,28)29)12-19(17)30-21/h4-9,12-13H,10-11H2,1-3H3. The first-order chi connectivity index (χ1) is 14.7. The third-order valence-corrected chi connectivity index (χ3v) is 6.84. The maximum absolute atomic E-state index is 13.4. The molecule has 0 fully saturated rings. The van der Waals surface area contributed by atoms with E-state index in [-0.39, 0.29) is 16.5 Å². The highest BCUT2D eigenvalue weighted by molar-refractivity contribution is 7.90. The number of rotatable bonds is 6. The number of fused-ring (bicyclic) bond motifs is 2. The number of amides is 1. The molecule has 160 valence electrons. The number of para-hydroxylation sites is 2. The SMILES string of the molecule is CN(C)CCN(C(=O)c1cnc2ccccc2n1)c1nc2ccc(S(C)(=O)=O)cc2s1. The molecular formula is C21H21N5O3S2. The monoisotopic (exact) mass is 455 g/mol. The van der Waals surface area contributed by atoms with Crippen LogP contribution in [0.25, 0.3) is 21.3 Å². The van der Waals surface area contributed by atoms with Crippen LogP contribution in [-0.4, -0.2) is 67.6 Å². The van der Waals surface area contributed by atoms with E-state index in [0.717, 1.165) is 0 Å². The number of benzene rings is 2. The maximum Gasteiger partial charge on any atom is 0.280 e. The first-order valence-electron chi connectivity index (χ1n) is 9.51. The van der Waals surface area contributed by atoms with Crippen molar-refractivity contribution in [2.45, 2.75) is 4.90 Å². The molecule has 2 aromatic heterocycles. The molecule has 2 heterocycles. The molecule has 0 saturated heterocycles. The van der Waals surface area contributed by atoms with Gasteiger partial charge in [-0.2, -0.15) is 0 Å². The molecule has 4 aromatic rings. The quantitative estimate of drug-likeness (QED) is 0.441. The van der Waals surface area contributed by atoms with Crippen LogP contribution in [0.3, 0.4) is 0 Å². The van der Waals surface area contributed by atoms with E-state index in [2.05, 4.69) is 15.0 Å². The Morgan fingerprint density at radius 3 is 2.45 bits per heavy atom. The first-order valence-corrected chi connectivity index (χ1v) is 12.2. The van der Waals surface area contributed by atoms with E-state index in [0.29, 0.717) is 39.5 Å². The molecule has 31 heavy (non-hydrogen) atoms. The molecule has 0 aliphatic carbocycles. The van der Waals surface area contributed by atoms with Crippen molar-refractivity contribution in [2.75, 3.05) is 38.3 Å². The highest BCUT2D eigenvalue weighted by atomic mass is 32.2. The number of hydrogen-bond donors (Lipinski definition) is 0. The molecule has 4 rings (SSSR count). The van der Waals surface area contributed by atoms with Gasteiger partial charge in [0.05, 0.1) is 32.3 Å². The van der Waals surface area contributed by atoms with Crippen molar-refractivity contribution in [1.29, 1.82) is 0 Å². The van der Waals surface area contributed by atoms with Gasteiger partial charge in [-0.3, -0.25) is 14.7 Å². The summed E-state index contributed by atoms with van der Waals surface area (Å²) in [4.78, 5) is 30.6. The van der Waals surface area contributed by atoms with E-state index in [1.54, 1.807) is 17.0 Å². The number of likely N-dealkylation sites (N-methyl/N-ethyl adjacent to an activating group) is 1. The van der Waals surface area contributed by atoms with Gasteiger partial charge in [-0.1, -0.05) is 23.5 Å². The molecule has 0 atom stereocenters. The Balaban J connectivity index is 1.75. The molecular weight excluding hydrogens is 434 g/mol. The van der Waals surface area contributed by atoms with Crippen LogP contribution in [0.1, 0.15) is 10.5 Å². The van der Waals surface area contributed by atoms with Crippen molar-refractivity contribution >= 4 is 53.5 Å². The number of carbonyl (C=O) groups excluding carboxylic acids is 1. The molecule has 0 N–H and O–H groups in total. The highest BCUT2D eigenvalue weighted by Gasteiger charge is 2.23. The largest absolute Gasteiger partial charge is 0.308 e. The lowest BCUT2D eigenvalue weighted by atomic mass is 10.3. The predicted octanol–water partition coefficient (Wildman–Crippen LogP) is 2.85. The summed E-state index contributed by atoms with van der Waals surface area (Å²) in [6, 6.07) is 12.2. The molecule has 0 aliphatic rings. The van der Waals surface area contributed by atoms with E-state index in [1.807, 2.05) is 43.3 Å². The average molecular weight is 456 g/mol. The van der Waals surface area contributed by atoms with Crippen LogP contribution < -0.4 is 4.90 Å². The fourth-order valence-electron chi connectivity index (χ4n) is 3.02. The topological polar surface area (TPSA) is 96.4 Å². The lowest BCUT2D eigenvalue weighted by molar-refractivity contribution is 0.0980. The van der Waals surface area contributed by atoms with Gasteiger partial charge in [0.15, 0.2) is 15.0 Å². The van der Waals surface area contributed by atoms with Crippen LogP contribution >= 0.6 is 11.3 Å². The first kappa shape index (κ1) is 21.3. The van der Waals surface area contributed by atoms with Crippen molar-refractivity contribution in [3.8, 4) is 0 Å². The van der Waals surface area contributed by atoms with Crippen molar-refractivity contribution < 1.29 is 13.2 Å². The highest BCUT2D eigenvalue weighted by Crippen LogP contribution is 2.31. The minimum Gasteiger partial charge on any atom is -0.308 e. The van der Waals surface area contributed by atoms with Gasteiger partial charge in [-0.25, -0.2) is 18.4 Å². The zero-order valence-electron chi connectivity index (χ0n) is 17.3. The second-order valence-corrected chi connectivity index (χ2v) is 10.4. The third-order valence-electron chi connectivity index (χ3n) is 4.69. The number of carbonyl (C=O) groups is 1.